The molecule has 0 fully saturated rings. The van der Waals surface area contributed by atoms with E-state index in [2.05, 4.69) is 22.5 Å². The van der Waals surface area contributed by atoms with Crippen LogP contribution in [0, 0.1) is 0 Å². The van der Waals surface area contributed by atoms with E-state index in [9.17, 15) is 0 Å². The summed E-state index contributed by atoms with van der Waals surface area (Å²) >= 11 is 0. The molecule has 1 atom stereocenters. The predicted octanol–water partition coefficient (Wildman–Crippen LogP) is 2.62. The summed E-state index contributed by atoms with van der Waals surface area (Å²) < 4.78 is 2.16. The van der Waals surface area contributed by atoms with E-state index in [0.29, 0.717) is 6.54 Å². The molecular weight excluding hydrogens is 236 g/mol. The van der Waals surface area contributed by atoms with Crippen LogP contribution in [-0.2, 0) is 0 Å². The number of rotatable bonds is 3. The van der Waals surface area contributed by atoms with Gasteiger partial charge in [0, 0.05) is 18.8 Å². The van der Waals surface area contributed by atoms with Crippen molar-refractivity contribution in [2.45, 2.75) is 13.0 Å². The molecule has 96 valence electrons. The van der Waals surface area contributed by atoms with Crippen LogP contribution in [0.15, 0.2) is 48.7 Å². The second-order valence-corrected chi connectivity index (χ2v) is 4.59. The summed E-state index contributed by atoms with van der Waals surface area (Å²) in [7, 11) is 0. The minimum atomic E-state index is 0.185. The second-order valence-electron chi connectivity index (χ2n) is 4.59. The Kier molecular flexibility index (Phi) is 3.01. The molecule has 0 radical (unpaired) electrons. The molecule has 3 rings (SSSR count). The van der Waals surface area contributed by atoms with Gasteiger partial charge in [-0.2, -0.15) is 0 Å². The molecule has 2 N–H and O–H groups in total. The normalized spacial score (nSPS) is 12.7. The molecule has 0 spiro atoms. The Morgan fingerprint density at radius 1 is 1.16 bits per heavy atom. The van der Waals surface area contributed by atoms with E-state index < -0.39 is 0 Å². The van der Waals surface area contributed by atoms with Gasteiger partial charge in [0.05, 0.1) is 11.0 Å². The summed E-state index contributed by atoms with van der Waals surface area (Å²) in [4.78, 5) is 9.09. The molecule has 0 saturated heterocycles. The Balaban J connectivity index is 2.29. The number of imidazole rings is 1. The number of aromatic nitrogens is 3. The number of nitrogens with zero attached hydrogens (tertiary/aromatic N) is 3. The fraction of sp³-hybridized carbons (Fsp3) is 0.200. The summed E-state index contributed by atoms with van der Waals surface area (Å²) in [6.45, 7) is 2.67. The van der Waals surface area contributed by atoms with Gasteiger partial charge >= 0.3 is 0 Å². The van der Waals surface area contributed by atoms with Gasteiger partial charge in [0.15, 0.2) is 5.82 Å². The fourth-order valence-electron chi connectivity index (χ4n) is 2.27. The molecule has 2 heterocycles. The first kappa shape index (κ1) is 11.9. The van der Waals surface area contributed by atoms with Crippen LogP contribution in [0.3, 0.4) is 0 Å². The van der Waals surface area contributed by atoms with Gasteiger partial charge in [0.2, 0.25) is 0 Å². The van der Waals surface area contributed by atoms with Crippen molar-refractivity contribution < 1.29 is 0 Å². The van der Waals surface area contributed by atoms with Crippen LogP contribution in [0.1, 0.15) is 13.0 Å². The van der Waals surface area contributed by atoms with Gasteiger partial charge in [-0.25, -0.2) is 4.98 Å². The highest BCUT2D eigenvalue weighted by Crippen LogP contribution is 2.26. The van der Waals surface area contributed by atoms with Crippen LogP contribution < -0.4 is 5.73 Å². The Hall–Kier alpha value is -2.20. The molecule has 3 aromatic rings. The third kappa shape index (κ3) is 2.00. The van der Waals surface area contributed by atoms with Gasteiger partial charge in [-0.1, -0.05) is 18.2 Å². The van der Waals surface area contributed by atoms with E-state index in [1.54, 1.807) is 6.20 Å². The van der Waals surface area contributed by atoms with Crippen LogP contribution in [-0.4, -0.2) is 21.1 Å². The van der Waals surface area contributed by atoms with Crippen molar-refractivity contribution >= 4 is 11.0 Å². The predicted molar refractivity (Wildman–Crippen MR) is 76.7 cm³/mol. The van der Waals surface area contributed by atoms with Gasteiger partial charge in [-0.15, -0.1) is 0 Å². The Morgan fingerprint density at radius 2 is 1.95 bits per heavy atom. The Labute approximate surface area is 111 Å². The molecule has 0 aliphatic heterocycles. The molecular formula is C15H16N4. The lowest BCUT2D eigenvalue weighted by Crippen LogP contribution is -2.17. The van der Waals surface area contributed by atoms with Crippen molar-refractivity contribution in [3.63, 3.8) is 0 Å². The zero-order valence-corrected chi connectivity index (χ0v) is 10.8. The van der Waals surface area contributed by atoms with E-state index in [4.69, 9.17) is 10.7 Å². The summed E-state index contributed by atoms with van der Waals surface area (Å²) in [6.07, 6.45) is 1.78. The standard InChI is InChI=1S/C15H16N4/c1-11(10-16)19-14-8-3-2-6-12(14)18-15(19)13-7-4-5-9-17-13/h2-9,11H,10,16H2,1H3. The molecule has 4 nitrogen and oxygen atoms in total. The van der Waals surface area contributed by atoms with Crippen molar-refractivity contribution in [2.24, 2.45) is 5.73 Å². The van der Waals surface area contributed by atoms with Gasteiger partial charge in [0.1, 0.15) is 5.69 Å². The zero-order valence-electron chi connectivity index (χ0n) is 10.8. The molecule has 19 heavy (non-hydrogen) atoms. The second kappa shape index (κ2) is 4.82. The maximum Gasteiger partial charge on any atom is 0.160 e. The lowest BCUT2D eigenvalue weighted by molar-refractivity contribution is 0.578. The van der Waals surface area contributed by atoms with Gasteiger partial charge in [-0.3, -0.25) is 4.98 Å². The zero-order chi connectivity index (χ0) is 13.2. The van der Waals surface area contributed by atoms with E-state index in [-0.39, 0.29) is 6.04 Å². The first-order valence-corrected chi connectivity index (χ1v) is 6.39. The Morgan fingerprint density at radius 3 is 2.68 bits per heavy atom. The quantitative estimate of drug-likeness (QED) is 0.779. The van der Waals surface area contributed by atoms with Gasteiger partial charge in [-0.05, 0) is 31.2 Å². The number of fused-ring (bicyclic) bond motifs is 1. The number of hydrogen-bond donors (Lipinski definition) is 1. The molecule has 1 aromatic carbocycles. The Bertz CT molecular complexity index is 688. The average Bonchev–Trinajstić information content (AvgIpc) is 2.87. The number of hydrogen-bond acceptors (Lipinski definition) is 3. The monoisotopic (exact) mass is 252 g/mol. The lowest BCUT2D eigenvalue weighted by Gasteiger charge is -2.15. The van der Waals surface area contributed by atoms with Crippen molar-refractivity contribution in [3.05, 3.63) is 48.7 Å². The topological polar surface area (TPSA) is 56.7 Å². The molecule has 0 aliphatic rings. The third-order valence-corrected chi connectivity index (χ3v) is 3.27. The number of benzene rings is 1. The SMILES string of the molecule is CC(CN)n1c(-c2ccccn2)nc2ccccc21. The van der Waals surface area contributed by atoms with Crippen molar-refractivity contribution in [3.8, 4) is 11.5 Å². The first-order valence-electron chi connectivity index (χ1n) is 6.39. The van der Waals surface area contributed by atoms with Crippen LogP contribution in [0.25, 0.3) is 22.6 Å². The van der Waals surface area contributed by atoms with Crippen molar-refractivity contribution in [2.75, 3.05) is 6.54 Å². The summed E-state index contributed by atoms with van der Waals surface area (Å²) in [5.41, 5.74) is 8.78. The molecule has 0 saturated carbocycles. The highest BCUT2D eigenvalue weighted by molar-refractivity contribution is 5.80. The van der Waals surface area contributed by atoms with E-state index >= 15 is 0 Å². The third-order valence-electron chi connectivity index (χ3n) is 3.27. The maximum atomic E-state index is 5.83. The number of nitrogens with two attached hydrogens (primary N) is 1. The van der Waals surface area contributed by atoms with Crippen LogP contribution >= 0.6 is 0 Å². The van der Waals surface area contributed by atoms with E-state index in [1.165, 1.54) is 0 Å². The number of para-hydroxylation sites is 2. The minimum Gasteiger partial charge on any atom is -0.328 e. The van der Waals surface area contributed by atoms with Crippen molar-refractivity contribution in [1.82, 2.24) is 14.5 Å². The van der Waals surface area contributed by atoms with Gasteiger partial charge < -0.3 is 10.3 Å². The average molecular weight is 252 g/mol. The van der Waals surface area contributed by atoms with Crippen LogP contribution in [0.5, 0.6) is 0 Å². The molecule has 0 bridgehead atoms. The van der Waals surface area contributed by atoms with Crippen LogP contribution in [0.4, 0.5) is 0 Å². The van der Waals surface area contributed by atoms with Crippen molar-refractivity contribution in [1.29, 1.82) is 0 Å². The maximum absolute atomic E-state index is 5.83. The van der Waals surface area contributed by atoms with Crippen LogP contribution in [0.2, 0.25) is 0 Å². The lowest BCUT2D eigenvalue weighted by atomic mass is 10.2. The minimum absolute atomic E-state index is 0.185. The van der Waals surface area contributed by atoms with Gasteiger partial charge in [0.25, 0.3) is 0 Å². The molecule has 0 amide bonds. The molecule has 1 unspecified atom stereocenters. The first-order chi connectivity index (χ1) is 9.31. The summed E-state index contributed by atoms with van der Waals surface area (Å²) in [6, 6.07) is 14.1. The molecule has 2 aromatic heterocycles. The fourth-order valence-corrected chi connectivity index (χ4v) is 2.27. The summed E-state index contributed by atoms with van der Waals surface area (Å²) in [5, 5.41) is 0. The molecule has 4 heteroatoms. The molecule has 0 aliphatic carbocycles. The number of pyridine rings is 1. The highest BCUT2D eigenvalue weighted by Gasteiger charge is 2.16. The smallest absolute Gasteiger partial charge is 0.160 e. The highest BCUT2D eigenvalue weighted by atomic mass is 15.1. The summed E-state index contributed by atoms with van der Waals surface area (Å²) in [5.74, 6) is 0.875. The largest absolute Gasteiger partial charge is 0.328 e. The van der Waals surface area contributed by atoms with E-state index in [1.807, 2.05) is 36.4 Å². The van der Waals surface area contributed by atoms with E-state index in [0.717, 1.165) is 22.6 Å².